The quantitative estimate of drug-likeness (QED) is 0.618. The molecule has 2 N–H and O–H groups in total. The monoisotopic (exact) mass is 386 g/mol. The second kappa shape index (κ2) is 8.97. The van der Waals surface area contributed by atoms with E-state index in [4.69, 9.17) is 0 Å². The third-order valence-electron chi connectivity index (χ3n) is 4.49. The minimum Gasteiger partial charge on any atom is -0.348 e. The first-order valence-corrected chi connectivity index (χ1v) is 9.28. The summed E-state index contributed by atoms with van der Waals surface area (Å²) in [5, 5.41) is 5.65. The number of anilines is 1. The maximum atomic E-state index is 12.4. The molecule has 0 aliphatic heterocycles. The molecule has 2 amide bonds. The fourth-order valence-electron chi connectivity index (χ4n) is 2.87. The zero-order chi connectivity index (χ0) is 20.8. The zero-order valence-corrected chi connectivity index (χ0v) is 16.4. The number of hydrogen-bond donors (Lipinski definition) is 2. The van der Waals surface area contributed by atoms with Gasteiger partial charge in [0.2, 0.25) is 0 Å². The Morgan fingerprint density at radius 2 is 1.34 bits per heavy atom. The van der Waals surface area contributed by atoms with Gasteiger partial charge in [-0.3, -0.25) is 14.4 Å². The van der Waals surface area contributed by atoms with Crippen LogP contribution in [0, 0.1) is 6.92 Å². The van der Waals surface area contributed by atoms with Gasteiger partial charge < -0.3 is 10.6 Å². The van der Waals surface area contributed by atoms with Crippen molar-refractivity contribution in [2.24, 2.45) is 0 Å². The number of hydrogen-bond acceptors (Lipinski definition) is 3. The molecule has 0 unspecified atom stereocenters. The fourth-order valence-corrected chi connectivity index (χ4v) is 2.87. The van der Waals surface area contributed by atoms with Gasteiger partial charge in [-0.1, -0.05) is 29.8 Å². The van der Waals surface area contributed by atoms with Gasteiger partial charge >= 0.3 is 0 Å². The van der Waals surface area contributed by atoms with E-state index in [9.17, 15) is 14.4 Å². The van der Waals surface area contributed by atoms with Crippen LogP contribution in [0.15, 0.2) is 72.8 Å². The number of nitrogens with one attached hydrogen (secondary N) is 2. The molecular weight excluding hydrogens is 364 g/mol. The summed E-state index contributed by atoms with van der Waals surface area (Å²) in [5.74, 6) is -0.510. The Kier molecular flexibility index (Phi) is 6.19. The maximum absolute atomic E-state index is 12.4. The van der Waals surface area contributed by atoms with Crippen LogP contribution in [0.25, 0.3) is 0 Å². The second-order valence-corrected chi connectivity index (χ2v) is 6.84. The first kappa shape index (κ1) is 20.0. The number of carbonyl (C=O) groups is 3. The van der Waals surface area contributed by atoms with Gasteiger partial charge in [0.05, 0.1) is 0 Å². The molecule has 146 valence electrons. The largest absolute Gasteiger partial charge is 0.348 e. The summed E-state index contributed by atoms with van der Waals surface area (Å²) in [6.45, 7) is 3.94. The molecule has 0 aliphatic rings. The van der Waals surface area contributed by atoms with Crippen LogP contribution in [0.3, 0.4) is 0 Å². The Labute approximate surface area is 169 Å². The smallest absolute Gasteiger partial charge is 0.255 e. The Morgan fingerprint density at radius 3 is 1.93 bits per heavy atom. The maximum Gasteiger partial charge on any atom is 0.255 e. The van der Waals surface area contributed by atoms with Crippen LogP contribution < -0.4 is 10.6 Å². The predicted molar refractivity (Wildman–Crippen MR) is 113 cm³/mol. The number of ketones is 1. The van der Waals surface area contributed by atoms with Crippen molar-refractivity contribution in [3.8, 4) is 0 Å². The molecule has 3 aromatic rings. The van der Waals surface area contributed by atoms with E-state index in [1.807, 2.05) is 31.2 Å². The first-order valence-electron chi connectivity index (χ1n) is 9.28. The van der Waals surface area contributed by atoms with E-state index >= 15 is 0 Å². The normalized spacial score (nSPS) is 10.3. The molecule has 3 aromatic carbocycles. The average Bonchev–Trinajstić information content (AvgIpc) is 2.72. The highest BCUT2D eigenvalue weighted by Crippen LogP contribution is 2.13. The molecular formula is C24H22N2O3. The fraction of sp³-hybridized carbons (Fsp3) is 0.125. The SMILES string of the molecule is CC(=O)c1ccc(NC(=O)c2ccc(C(=O)NCc3cccc(C)c3)cc2)cc1. The van der Waals surface area contributed by atoms with E-state index in [0.29, 0.717) is 28.9 Å². The topological polar surface area (TPSA) is 75.3 Å². The van der Waals surface area contributed by atoms with Crippen LogP contribution in [0.4, 0.5) is 5.69 Å². The van der Waals surface area contributed by atoms with Crippen molar-refractivity contribution in [2.45, 2.75) is 20.4 Å². The van der Waals surface area contributed by atoms with Gasteiger partial charge in [0.15, 0.2) is 5.78 Å². The van der Waals surface area contributed by atoms with E-state index in [1.54, 1.807) is 48.5 Å². The minimum absolute atomic E-state index is 0.0286. The molecule has 0 bridgehead atoms. The Morgan fingerprint density at radius 1 is 0.759 bits per heavy atom. The molecule has 0 fully saturated rings. The Balaban J connectivity index is 1.59. The Hall–Kier alpha value is -3.73. The molecule has 0 aliphatic carbocycles. The van der Waals surface area contributed by atoms with Crippen molar-refractivity contribution < 1.29 is 14.4 Å². The van der Waals surface area contributed by atoms with Crippen molar-refractivity contribution in [3.05, 3.63) is 101 Å². The number of aryl methyl sites for hydroxylation is 1. The zero-order valence-electron chi connectivity index (χ0n) is 16.4. The van der Waals surface area contributed by atoms with Crippen LogP contribution >= 0.6 is 0 Å². The van der Waals surface area contributed by atoms with E-state index in [2.05, 4.69) is 10.6 Å². The highest BCUT2D eigenvalue weighted by molar-refractivity contribution is 6.05. The van der Waals surface area contributed by atoms with Gasteiger partial charge in [-0.15, -0.1) is 0 Å². The molecule has 0 aromatic heterocycles. The summed E-state index contributed by atoms with van der Waals surface area (Å²) in [5.41, 5.74) is 4.29. The third kappa shape index (κ3) is 5.39. The lowest BCUT2D eigenvalue weighted by Crippen LogP contribution is -2.23. The molecule has 0 saturated heterocycles. The summed E-state index contributed by atoms with van der Waals surface area (Å²) < 4.78 is 0. The lowest BCUT2D eigenvalue weighted by atomic mass is 10.1. The standard InChI is InChI=1S/C24H22N2O3/c1-16-4-3-5-18(14-16)15-25-23(28)20-6-8-21(9-7-20)24(29)26-22-12-10-19(11-13-22)17(2)27/h3-14H,15H2,1-2H3,(H,25,28)(H,26,29). The summed E-state index contributed by atoms with van der Waals surface area (Å²) >= 11 is 0. The lowest BCUT2D eigenvalue weighted by molar-refractivity contribution is 0.0948. The van der Waals surface area contributed by atoms with Crippen LogP contribution in [0.5, 0.6) is 0 Å². The van der Waals surface area contributed by atoms with Gasteiger partial charge in [0.25, 0.3) is 11.8 Å². The molecule has 5 heteroatoms. The molecule has 29 heavy (non-hydrogen) atoms. The van der Waals surface area contributed by atoms with Crippen LogP contribution in [0.2, 0.25) is 0 Å². The lowest BCUT2D eigenvalue weighted by Gasteiger charge is -2.08. The van der Waals surface area contributed by atoms with Crippen LogP contribution in [0.1, 0.15) is 49.1 Å². The minimum atomic E-state index is -0.285. The number of Topliss-reactive ketones (excluding diaryl/α,β-unsaturated/α-hetero) is 1. The van der Waals surface area contributed by atoms with Gasteiger partial charge in [-0.2, -0.15) is 0 Å². The number of amides is 2. The molecule has 0 radical (unpaired) electrons. The summed E-state index contributed by atoms with van der Waals surface area (Å²) in [4.78, 5) is 36.0. The van der Waals surface area contributed by atoms with E-state index in [1.165, 1.54) is 6.92 Å². The van der Waals surface area contributed by atoms with Crippen molar-refractivity contribution in [1.82, 2.24) is 5.32 Å². The van der Waals surface area contributed by atoms with Crippen molar-refractivity contribution in [2.75, 3.05) is 5.32 Å². The van der Waals surface area contributed by atoms with Gasteiger partial charge in [0.1, 0.15) is 0 Å². The number of rotatable bonds is 6. The van der Waals surface area contributed by atoms with Gasteiger partial charge in [0, 0.05) is 28.9 Å². The van der Waals surface area contributed by atoms with E-state index < -0.39 is 0 Å². The van der Waals surface area contributed by atoms with Crippen molar-refractivity contribution in [3.63, 3.8) is 0 Å². The third-order valence-corrected chi connectivity index (χ3v) is 4.49. The molecule has 5 nitrogen and oxygen atoms in total. The summed E-state index contributed by atoms with van der Waals surface area (Å²) in [6.07, 6.45) is 0. The number of carbonyl (C=O) groups excluding carboxylic acids is 3. The highest BCUT2D eigenvalue weighted by atomic mass is 16.2. The molecule has 0 heterocycles. The van der Waals surface area contributed by atoms with Gasteiger partial charge in [-0.25, -0.2) is 0 Å². The molecule has 0 spiro atoms. The van der Waals surface area contributed by atoms with Crippen molar-refractivity contribution >= 4 is 23.3 Å². The predicted octanol–water partition coefficient (Wildman–Crippen LogP) is 4.38. The highest BCUT2D eigenvalue weighted by Gasteiger charge is 2.10. The second-order valence-electron chi connectivity index (χ2n) is 6.84. The Bertz CT molecular complexity index is 1040. The summed E-state index contributed by atoms with van der Waals surface area (Å²) in [7, 11) is 0. The summed E-state index contributed by atoms with van der Waals surface area (Å²) in [6, 6.07) is 21.1. The molecule has 0 atom stereocenters. The average molecular weight is 386 g/mol. The van der Waals surface area contributed by atoms with Crippen LogP contribution in [-0.4, -0.2) is 17.6 Å². The van der Waals surface area contributed by atoms with Crippen molar-refractivity contribution in [1.29, 1.82) is 0 Å². The van der Waals surface area contributed by atoms with Crippen LogP contribution in [-0.2, 0) is 6.54 Å². The number of benzene rings is 3. The first-order chi connectivity index (χ1) is 13.9. The van der Waals surface area contributed by atoms with E-state index in [-0.39, 0.29) is 17.6 Å². The molecule has 3 rings (SSSR count). The van der Waals surface area contributed by atoms with E-state index in [0.717, 1.165) is 11.1 Å². The molecule has 0 saturated carbocycles. The van der Waals surface area contributed by atoms with Gasteiger partial charge in [-0.05, 0) is 67.9 Å².